The molecule has 0 saturated carbocycles. The zero-order valence-corrected chi connectivity index (χ0v) is 9.68. The lowest BCUT2D eigenvalue weighted by Crippen LogP contribution is -1.84. The van der Waals surface area contributed by atoms with E-state index in [0.29, 0.717) is 6.29 Å². The van der Waals surface area contributed by atoms with Crippen molar-refractivity contribution in [2.75, 3.05) is 0 Å². The second-order valence-electron chi connectivity index (χ2n) is 4.08. The van der Waals surface area contributed by atoms with E-state index in [1.54, 1.807) is 0 Å². The number of benzene rings is 3. The van der Waals surface area contributed by atoms with Crippen LogP contribution in [0, 0.1) is 11.8 Å². The predicted octanol–water partition coefficient (Wildman–Crippen LogP) is 3.54. The van der Waals surface area contributed by atoms with Crippen LogP contribution in [-0.2, 0) is 4.79 Å². The largest absolute Gasteiger partial charge is 0.289 e. The zero-order chi connectivity index (χ0) is 12.4. The van der Waals surface area contributed by atoms with Gasteiger partial charge in [-0.1, -0.05) is 54.5 Å². The van der Waals surface area contributed by atoms with Gasteiger partial charge in [0, 0.05) is 5.56 Å². The molecular weight excluding hydrogens is 220 g/mol. The Bertz CT molecular complexity index is 750. The lowest BCUT2D eigenvalue weighted by molar-refractivity contribution is -0.103. The second kappa shape index (κ2) is 4.35. The normalized spacial score (nSPS) is 10.0. The Morgan fingerprint density at radius 1 is 0.833 bits per heavy atom. The van der Waals surface area contributed by atoms with Gasteiger partial charge in [-0.15, -0.1) is 0 Å². The van der Waals surface area contributed by atoms with Crippen LogP contribution in [0.3, 0.4) is 0 Å². The Labute approximate surface area is 105 Å². The van der Waals surface area contributed by atoms with Crippen molar-refractivity contribution in [1.29, 1.82) is 0 Å². The minimum atomic E-state index is 0.635. The van der Waals surface area contributed by atoms with Gasteiger partial charge in [-0.3, -0.25) is 4.79 Å². The number of aldehydes is 1. The van der Waals surface area contributed by atoms with E-state index in [4.69, 9.17) is 0 Å². The van der Waals surface area contributed by atoms with Crippen molar-refractivity contribution >= 4 is 27.8 Å². The van der Waals surface area contributed by atoms with Gasteiger partial charge in [-0.05, 0) is 33.5 Å². The highest BCUT2D eigenvalue weighted by Crippen LogP contribution is 2.27. The second-order valence-corrected chi connectivity index (χ2v) is 4.08. The maximum Gasteiger partial charge on any atom is 0.193 e. The average Bonchev–Trinajstić information content (AvgIpc) is 2.43. The van der Waals surface area contributed by atoms with Crippen molar-refractivity contribution in [3.63, 3.8) is 0 Å². The molecule has 0 unspecified atom stereocenters. The van der Waals surface area contributed by atoms with Crippen LogP contribution in [0.2, 0.25) is 0 Å². The van der Waals surface area contributed by atoms with E-state index in [2.05, 4.69) is 30.0 Å². The van der Waals surface area contributed by atoms with Crippen LogP contribution >= 0.6 is 0 Å². The van der Waals surface area contributed by atoms with Crippen LogP contribution in [0.1, 0.15) is 5.56 Å². The van der Waals surface area contributed by atoms with Gasteiger partial charge in [0.1, 0.15) is 0 Å². The lowest BCUT2D eigenvalue weighted by atomic mass is 9.97. The first-order chi connectivity index (χ1) is 8.90. The van der Waals surface area contributed by atoms with E-state index in [0.717, 1.165) is 27.1 Å². The van der Waals surface area contributed by atoms with E-state index in [-0.39, 0.29) is 0 Å². The van der Waals surface area contributed by atoms with Crippen molar-refractivity contribution in [2.45, 2.75) is 0 Å². The van der Waals surface area contributed by atoms with Crippen molar-refractivity contribution < 1.29 is 4.79 Å². The van der Waals surface area contributed by atoms with Gasteiger partial charge in [-0.2, -0.15) is 0 Å². The van der Waals surface area contributed by atoms with E-state index < -0.39 is 0 Å². The Morgan fingerprint density at radius 2 is 1.39 bits per heavy atom. The van der Waals surface area contributed by atoms with Crippen molar-refractivity contribution in [3.8, 4) is 11.8 Å². The number of carbonyl (C=O) groups excluding carboxylic acids is 1. The molecule has 0 aromatic heterocycles. The summed E-state index contributed by atoms with van der Waals surface area (Å²) in [5.41, 5.74) is 0.927. The van der Waals surface area contributed by atoms with Gasteiger partial charge in [0.05, 0.1) is 0 Å². The fraction of sp³-hybridized carbons (Fsp3) is 0. The summed E-state index contributed by atoms with van der Waals surface area (Å²) in [6, 6.07) is 18.3. The van der Waals surface area contributed by atoms with E-state index in [1.165, 1.54) is 0 Å². The predicted molar refractivity (Wildman–Crippen MR) is 74.4 cm³/mol. The first-order valence-electron chi connectivity index (χ1n) is 5.76. The van der Waals surface area contributed by atoms with Gasteiger partial charge < -0.3 is 0 Å². The molecule has 0 aliphatic heterocycles. The van der Waals surface area contributed by atoms with E-state index in [1.807, 2.05) is 36.4 Å². The molecule has 0 spiro atoms. The fourth-order valence-electron chi connectivity index (χ4n) is 2.25. The van der Waals surface area contributed by atoms with Crippen LogP contribution in [-0.4, -0.2) is 6.29 Å². The molecule has 0 atom stereocenters. The number of hydrogen-bond donors (Lipinski definition) is 0. The molecule has 84 valence electrons. The Hall–Kier alpha value is -2.59. The van der Waals surface area contributed by atoms with Crippen molar-refractivity contribution in [2.24, 2.45) is 0 Å². The maximum atomic E-state index is 10.5. The molecule has 0 amide bonds. The maximum absolute atomic E-state index is 10.5. The smallest absolute Gasteiger partial charge is 0.193 e. The Morgan fingerprint density at radius 3 is 1.94 bits per heavy atom. The number of fused-ring (bicyclic) bond motifs is 2. The Balaban J connectivity index is 2.53. The molecule has 0 aliphatic carbocycles. The van der Waals surface area contributed by atoms with Gasteiger partial charge in [0.15, 0.2) is 6.29 Å². The molecule has 1 heteroatoms. The third kappa shape index (κ3) is 1.65. The number of rotatable bonds is 0. The fourth-order valence-corrected chi connectivity index (χ4v) is 2.25. The van der Waals surface area contributed by atoms with E-state index in [9.17, 15) is 4.79 Å². The highest BCUT2D eigenvalue weighted by Gasteiger charge is 2.04. The van der Waals surface area contributed by atoms with Gasteiger partial charge in [0.25, 0.3) is 0 Å². The van der Waals surface area contributed by atoms with Gasteiger partial charge in [-0.25, -0.2) is 0 Å². The van der Waals surface area contributed by atoms with Crippen molar-refractivity contribution in [1.82, 2.24) is 0 Å². The molecule has 0 heterocycles. The zero-order valence-electron chi connectivity index (χ0n) is 9.68. The summed E-state index contributed by atoms with van der Waals surface area (Å²) in [6.45, 7) is 0. The van der Waals surface area contributed by atoms with E-state index >= 15 is 0 Å². The standard InChI is InChI=1S/C17H10O/c18-11-5-10-17-15-8-3-1-6-13(15)12-14-7-2-4-9-16(14)17/h1-4,6-9,11-12H. The molecule has 0 bridgehead atoms. The minimum Gasteiger partial charge on any atom is -0.289 e. The molecule has 0 aliphatic rings. The third-order valence-corrected chi connectivity index (χ3v) is 3.03. The molecule has 1 nitrogen and oxygen atoms in total. The first kappa shape index (κ1) is 10.6. The topological polar surface area (TPSA) is 17.1 Å². The summed E-state index contributed by atoms with van der Waals surface area (Å²) in [6.07, 6.45) is 0.635. The quantitative estimate of drug-likeness (QED) is 0.328. The molecule has 0 radical (unpaired) electrons. The average molecular weight is 230 g/mol. The van der Waals surface area contributed by atoms with Crippen LogP contribution in [0.5, 0.6) is 0 Å². The summed E-state index contributed by atoms with van der Waals surface area (Å²) in [5.74, 6) is 5.48. The molecule has 18 heavy (non-hydrogen) atoms. The first-order valence-corrected chi connectivity index (χ1v) is 5.76. The van der Waals surface area contributed by atoms with Gasteiger partial charge in [0.2, 0.25) is 0 Å². The molecule has 3 aromatic carbocycles. The molecule has 3 rings (SSSR count). The summed E-state index contributed by atoms with van der Waals surface area (Å²) in [4.78, 5) is 10.5. The summed E-state index contributed by atoms with van der Waals surface area (Å²) >= 11 is 0. The lowest BCUT2D eigenvalue weighted by Gasteiger charge is -2.06. The molecule has 0 N–H and O–H groups in total. The molecule has 0 fully saturated rings. The third-order valence-electron chi connectivity index (χ3n) is 3.03. The SMILES string of the molecule is O=CC#Cc1c2ccccc2cc2ccccc12. The number of hydrogen-bond acceptors (Lipinski definition) is 1. The molecular formula is C17H10O. The van der Waals surface area contributed by atoms with Crippen molar-refractivity contribution in [3.05, 3.63) is 60.2 Å². The number of carbonyl (C=O) groups is 1. The van der Waals surface area contributed by atoms with Crippen LogP contribution in [0.4, 0.5) is 0 Å². The van der Waals surface area contributed by atoms with Crippen LogP contribution in [0.25, 0.3) is 21.5 Å². The minimum absolute atomic E-state index is 0.635. The van der Waals surface area contributed by atoms with Crippen LogP contribution in [0.15, 0.2) is 54.6 Å². The van der Waals surface area contributed by atoms with Gasteiger partial charge >= 0.3 is 0 Å². The molecule has 3 aromatic rings. The molecule has 0 saturated heterocycles. The summed E-state index contributed by atoms with van der Waals surface area (Å²) in [5, 5.41) is 4.47. The highest BCUT2D eigenvalue weighted by molar-refractivity contribution is 6.05. The summed E-state index contributed by atoms with van der Waals surface area (Å²) in [7, 11) is 0. The van der Waals surface area contributed by atoms with Crippen LogP contribution < -0.4 is 0 Å². The summed E-state index contributed by atoms with van der Waals surface area (Å²) < 4.78 is 0. The highest BCUT2D eigenvalue weighted by atomic mass is 16.1. The Kier molecular flexibility index (Phi) is 2.55. The monoisotopic (exact) mass is 230 g/mol.